The van der Waals surface area contributed by atoms with Crippen molar-refractivity contribution in [3.05, 3.63) is 60.1 Å². The van der Waals surface area contributed by atoms with Gasteiger partial charge < -0.3 is 24.0 Å². The summed E-state index contributed by atoms with van der Waals surface area (Å²) in [5, 5.41) is 4.12. The third kappa shape index (κ3) is 8.43. The molecule has 2 atom stereocenters. The summed E-state index contributed by atoms with van der Waals surface area (Å²) in [6.07, 6.45) is 0.751. The molecule has 1 amide bonds. The molecule has 2 aromatic rings. The van der Waals surface area contributed by atoms with E-state index in [0.717, 1.165) is 5.56 Å². The zero-order valence-electron chi connectivity index (χ0n) is 19.0. The first-order valence-electron chi connectivity index (χ1n) is 10.2. The number of hydrogen-bond acceptors (Lipinski definition) is 8. The molecule has 0 spiro atoms. The van der Waals surface area contributed by atoms with Gasteiger partial charge in [-0.25, -0.2) is 4.79 Å². The molecule has 0 bridgehead atoms. The van der Waals surface area contributed by atoms with Crippen molar-refractivity contribution in [3.8, 4) is 0 Å². The molecule has 1 heterocycles. The molecule has 174 valence electrons. The van der Waals surface area contributed by atoms with Gasteiger partial charge >= 0.3 is 18.0 Å². The average Bonchev–Trinajstić information content (AvgIpc) is 3.19. The Hall–Kier alpha value is -3.33. The molecule has 0 saturated carbocycles. The van der Waals surface area contributed by atoms with Crippen molar-refractivity contribution in [1.29, 1.82) is 0 Å². The Labute approximate surface area is 187 Å². The minimum atomic E-state index is -0.858. The normalized spacial score (nSPS) is 13.2. The lowest BCUT2D eigenvalue weighted by molar-refractivity contribution is -0.211. The molecule has 0 unspecified atom stereocenters. The van der Waals surface area contributed by atoms with Crippen LogP contribution in [0.2, 0.25) is 0 Å². The van der Waals surface area contributed by atoms with E-state index in [-0.39, 0.29) is 13.2 Å². The van der Waals surface area contributed by atoms with Gasteiger partial charge in [0.25, 0.3) is 0 Å². The maximum absolute atomic E-state index is 12.6. The molecule has 0 aliphatic rings. The van der Waals surface area contributed by atoms with Crippen LogP contribution in [0.4, 0.5) is 4.79 Å². The van der Waals surface area contributed by atoms with E-state index in [2.05, 4.69) is 5.32 Å². The van der Waals surface area contributed by atoms with Crippen LogP contribution in [0.1, 0.15) is 52.0 Å². The lowest BCUT2D eigenvalue weighted by Crippen LogP contribution is -2.50. The van der Waals surface area contributed by atoms with Crippen LogP contribution in [-0.4, -0.2) is 41.3 Å². The number of alkyl carbamates (subject to hydrolysis) is 1. The van der Waals surface area contributed by atoms with Gasteiger partial charge in [-0.1, -0.05) is 30.3 Å². The number of carbonyl (C=O) groups excluding carboxylic acids is 3. The highest BCUT2D eigenvalue weighted by Crippen LogP contribution is 2.28. The topological polar surface area (TPSA) is 107 Å². The van der Waals surface area contributed by atoms with E-state index in [1.54, 1.807) is 32.9 Å². The van der Waals surface area contributed by atoms with Crippen LogP contribution in [0, 0.1) is 0 Å². The van der Waals surface area contributed by atoms with Crippen LogP contribution >= 0.6 is 0 Å². The molecule has 9 nitrogen and oxygen atoms in total. The summed E-state index contributed by atoms with van der Waals surface area (Å²) in [5.41, 5.74) is 0.115. The van der Waals surface area contributed by atoms with Crippen molar-refractivity contribution < 1.29 is 33.1 Å². The number of amides is 1. The molecular formula is C23H30N2O7. The van der Waals surface area contributed by atoms with E-state index < -0.39 is 35.7 Å². The Morgan fingerprint density at radius 2 is 1.72 bits per heavy atom. The lowest BCUT2D eigenvalue weighted by atomic mass is 10.0. The molecule has 0 saturated heterocycles. The number of nitrogens with one attached hydrogen (secondary N) is 1. The predicted molar refractivity (Wildman–Crippen MR) is 115 cm³/mol. The Bertz CT molecular complexity index is 876. The van der Waals surface area contributed by atoms with E-state index in [4.69, 9.17) is 18.7 Å². The molecule has 0 aliphatic carbocycles. The number of ether oxygens (including phenoxy) is 2. The first-order valence-corrected chi connectivity index (χ1v) is 10.2. The summed E-state index contributed by atoms with van der Waals surface area (Å²) in [4.78, 5) is 41.5. The third-order valence-electron chi connectivity index (χ3n) is 4.12. The maximum atomic E-state index is 12.6. The fraction of sp³-hybridized carbons (Fsp3) is 0.435. The molecule has 1 N–H and O–H groups in total. The lowest BCUT2D eigenvalue weighted by Gasteiger charge is -2.34. The zero-order chi connectivity index (χ0) is 23.7. The average molecular weight is 447 g/mol. The quantitative estimate of drug-likeness (QED) is 0.458. The van der Waals surface area contributed by atoms with Gasteiger partial charge in [0.1, 0.15) is 24.0 Å². The highest BCUT2D eigenvalue weighted by Gasteiger charge is 2.36. The van der Waals surface area contributed by atoms with Crippen LogP contribution in [0.25, 0.3) is 0 Å². The Morgan fingerprint density at radius 1 is 1.03 bits per heavy atom. The van der Waals surface area contributed by atoms with Crippen LogP contribution in [0.15, 0.2) is 53.1 Å². The first kappa shape index (κ1) is 24.9. The summed E-state index contributed by atoms with van der Waals surface area (Å²) in [7, 11) is 0. The van der Waals surface area contributed by atoms with Gasteiger partial charge in [-0.15, -0.1) is 5.06 Å². The van der Waals surface area contributed by atoms with Gasteiger partial charge in [0, 0.05) is 13.8 Å². The third-order valence-corrected chi connectivity index (χ3v) is 4.12. The number of carbonyl (C=O) groups is 3. The van der Waals surface area contributed by atoms with E-state index in [1.165, 1.54) is 25.2 Å². The van der Waals surface area contributed by atoms with Crippen LogP contribution < -0.4 is 5.32 Å². The zero-order valence-corrected chi connectivity index (χ0v) is 19.0. The van der Waals surface area contributed by atoms with Crippen molar-refractivity contribution in [2.45, 2.75) is 58.8 Å². The number of hydrogen-bond donors (Lipinski definition) is 1. The maximum Gasteiger partial charge on any atom is 0.408 e. The molecule has 32 heavy (non-hydrogen) atoms. The number of esters is 1. The first-order chi connectivity index (χ1) is 15.0. The van der Waals surface area contributed by atoms with Gasteiger partial charge in [0.2, 0.25) is 0 Å². The molecule has 9 heteroatoms. The fourth-order valence-corrected chi connectivity index (χ4v) is 2.99. The van der Waals surface area contributed by atoms with Crippen molar-refractivity contribution in [2.75, 3.05) is 6.61 Å². The second kappa shape index (κ2) is 11.3. The van der Waals surface area contributed by atoms with E-state index in [0.29, 0.717) is 5.76 Å². The van der Waals surface area contributed by atoms with Gasteiger partial charge in [-0.3, -0.25) is 9.59 Å². The summed E-state index contributed by atoms with van der Waals surface area (Å²) in [5.74, 6) is -0.683. The fourth-order valence-electron chi connectivity index (χ4n) is 2.99. The minimum absolute atomic E-state index is 0.193. The second-order valence-electron chi connectivity index (χ2n) is 8.16. The van der Waals surface area contributed by atoms with Gasteiger partial charge in [0.15, 0.2) is 0 Å². The van der Waals surface area contributed by atoms with E-state index >= 15 is 0 Å². The predicted octanol–water partition coefficient (Wildman–Crippen LogP) is 3.76. The number of hydroxylamine groups is 2. The van der Waals surface area contributed by atoms with Crippen molar-refractivity contribution in [1.82, 2.24) is 10.4 Å². The van der Waals surface area contributed by atoms with Gasteiger partial charge in [-0.05, 0) is 38.5 Å². The summed E-state index contributed by atoms with van der Waals surface area (Å²) < 4.78 is 16.2. The van der Waals surface area contributed by atoms with Crippen molar-refractivity contribution in [2.24, 2.45) is 0 Å². The van der Waals surface area contributed by atoms with Crippen molar-refractivity contribution in [3.63, 3.8) is 0 Å². The molecule has 0 fully saturated rings. The Morgan fingerprint density at radius 3 is 2.25 bits per heavy atom. The SMILES string of the molecule is CC(=O)OC[C@H](NC(=O)OC(C)(C)C)[C@H](c1ccco1)N(Cc1ccccc1)OC(C)=O. The summed E-state index contributed by atoms with van der Waals surface area (Å²) >= 11 is 0. The molecule has 2 rings (SSSR count). The van der Waals surface area contributed by atoms with Crippen LogP contribution in [0.3, 0.4) is 0 Å². The molecule has 0 radical (unpaired) electrons. The van der Waals surface area contributed by atoms with E-state index in [9.17, 15) is 14.4 Å². The highest BCUT2D eigenvalue weighted by atomic mass is 16.7. The molecule has 1 aromatic heterocycles. The standard InChI is InChI=1S/C23H30N2O7/c1-16(26)30-15-19(24-22(28)31-23(3,4)5)21(20-12-9-13-29-20)25(32-17(2)27)14-18-10-7-6-8-11-18/h6-13,19,21H,14-15H2,1-5H3,(H,24,28)/t19-,21+/m0/s1. The smallest absolute Gasteiger partial charge is 0.408 e. The highest BCUT2D eigenvalue weighted by molar-refractivity contribution is 5.69. The van der Waals surface area contributed by atoms with Gasteiger partial charge in [-0.2, -0.15) is 0 Å². The second-order valence-corrected chi connectivity index (χ2v) is 8.16. The van der Waals surface area contributed by atoms with Crippen LogP contribution in [0.5, 0.6) is 0 Å². The Kier molecular flexibility index (Phi) is 8.83. The molecule has 0 aliphatic heterocycles. The minimum Gasteiger partial charge on any atom is -0.467 e. The monoisotopic (exact) mass is 446 g/mol. The number of benzene rings is 1. The summed E-state index contributed by atoms with van der Waals surface area (Å²) in [6.45, 7) is 7.74. The largest absolute Gasteiger partial charge is 0.467 e. The Balaban J connectivity index is 2.43. The van der Waals surface area contributed by atoms with E-state index in [1.807, 2.05) is 30.3 Å². The van der Waals surface area contributed by atoms with Crippen molar-refractivity contribution >= 4 is 18.0 Å². The number of furan rings is 1. The number of rotatable bonds is 9. The summed E-state index contributed by atoms with van der Waals surface area (Å²) in [6, 6.07) is 11.0. The van der Waals surface area contributed by atoms with Crippen LogP contribution in [-0.2, 0) is 30.4 Å². The number of nitrogens with zero attached hydrogens (tertiary/aromatic N) is 1. The van der Waals surface area contributed by atoms with Gasteiger partial charge in [0.05, 0.1) is 18.8 Å². The molecule has 1 aromatic carbocycles. The molecular weight excluding hydrogens is 416 g/mol.